The van der Waals surface area contributed by atoms with Crippen LogP contribution in [0.2, 0.25) is 10.0 Å². The Morgan fingerprint density at radius 1 is 0.938 bits per heavy atom. The summed E-state index contributed by atoms with van der Waals surface area (Å²) in [5.41, 5.74) is -1.25. The van der Waals surface area contributed by atoms with Crippen LogP contribution in [0.3, 0.4) is 0 Å². The van der Waals surface area contributed by atoms with E-state index in [1.807, 2.05) is 0 Å². The van der Waals surface area contributed by atoms with Crippen LogP contribution < -0.4 is 9.62 Å². The number of carbonyl (C=O) groups excluding carboxylic acids is 1. The van der Waals surface area contributed by atoms with E-state index in [4.69, 9.17) is 23.2 Å². The Morgan fingerprint density at radius 2 is 1.62 bits per heavy atom. The first-order valence-corrected chi connectivity index (χ1v) is 11.2. The summed E-state index contributed by atoms with van der Waals surface area (Å²) >= 11 is 11.9. The number of anilines is 2. The Labute approximate surface area is 192 Å². The minimum Gasteiger partial charge on any atom is -0.323 e. The maximum absolute atomic E-state index is 13.2. The number of rotatable bonds is 6. The Bertz CT molecular complexity index is 1240. The molecule has 168 valence electrons. The largest absolute Gasteiger partial charge is 0.416 e. The molecule has 0 unspecified atom stereocenters. The van der Waals surface area contributed by atoms with Gasteiger partial charge < -0.3 is 5.32 Å². The summed E-state index contributed by atoms with van der Waals surface area (Å²) < 4.78 is 66.7. The Balaban J connectivity index is 2.01. The Morgan fingerprint density at radius 3 is 2.28 bits per heavy atom. The molecule has 0 aromatic heterocycles. The van der Waals surface area contributed by atoms with Crippen LogP contribution in [0.25, 0.3) is 0 Å². The number of sulfonamides is 1. The molecule has 0 spiro atoms. The van der Waals surface area contributed by atoms with Gasteiger partial charge in [-0.1, -0.05) is 47.5 Å². The first kappa shape index (κ1) is 23.9. The van der Waals surface area contributed by atoms with Gasteiger partial charge in [0.1, 0.15) is 6.54 Å². The molecule has 0 bridgehead atoms. The third-order valence-corrected chi connectivity index (χ3v) is 6.64. The second-order valence-corrected chi connectivity index (χ2v) is 9.25. The van der Waals surface area contributed by atoms with Gasteiger partial charge >= 0.3 is 6.18 Å². The topological polar surface area (TPSA) is 66.5 Å². The van der Waals surface area contributed by atoms with E-state index < -0.39 is 34.2 Å². The monoisotopic (exact) mass is 502 g/mol. The summed E-state index contributed by atoms with van der Waals surface area (Å²) in [4.78, 5) is 12.5. The molecule has 3 aromatic carbocycles. The van der Waals surface area contributed by atoms with Crippen LogP contribution >= 0.6 is 23.2 Å². The standard InChI is InChI=1S/C21H15Cl2F3N2O3S/c22-15-9-10-18(23)19(12-15)27-20(29)13-28(32(30,31)17-7-2-1-3-8-17)16-6-4-5-14(11-16)21(24,25)26/h1-12H,13H2,(H,27,29). The SMILES string of the molecule is O=C(CN(c1cccc(C(F)(F)F)c1)S(=O)(=O)c1ccccc1)Nc1cc(Cl)ccc1Cl. The fourth-order valence-electron chi connectivity index (χ4n) is 2.79. The van der Waals surface area contributed by atoms with Crippen LogP contribution in [0.5, 0.6) is 0 Å². The zero-order valence-electron chi connectivity index (χ0n) is 16.1. The van der Waals surface area contributed by atoms with E-state index in [0.717, 1.165) is 12.1 Å². The van der Waals surface area contributed by atoms with E-state index >= 15 is 0 Å². The molecule has 0 aliphatic carbocycles. The van der Waals surface area contributed by atoms with Gasteiger partial charge in [-0.25, -0.2) is 8.42 Å². The lowest BCUT2D eigenvalue weighted by Crippen LogP contribution is -2.38. The minimum absolute atomic E-state index is 0.130. The van der Waals surface area contributed by atoms with Crippen molar-refractivity contribution < 1.29 is 26.4 Å². The number of amides is 1. The molecule has 0 atom stereocenters. The van der Waals surface area contributed by atoms with Gasteiger partial charge in [0.2, 0.25) is 5.91 Å². The van der Waals surface area contributed by atoms with Crippen molar-refractivity contribution in [2.75, 3.05) is 16.2 Å². The molecule has 0 saturated heterocycles. The molecule has 32 heavy (non-hydrogen) atoms. The molecule has 0 radical (unpaired) electrons. The van der Waals surface area contributed by atoms with Gasteiger partial charge in [-0.05, 0) is 48.5 Å². The smallest absolute Gasteiger partial charge is 0.323 e. The van der Waals surface area contributed by atoms with Gasteiger partial charge in [0, 0.05) is 5.02 Å². The number of benzene rings is 3. The van der Waals surface area contributed by atoms with Crippen LogP contribution in [0, 0.1) is 0 Å². The average Bonchev–Trinajstić information content (AvgIpc) is 2.74. The molecule has 0 aliphatic rings. The predicted octanol–water partition coefficient (Wildman–Crippen LogP) is 5.85. The fraction of sp³-hybridized carbons (Fsp3) is 0.0952. The number of nitrogens with zero attached hydrogens (tertiary/aromatic N) is 1. The van der Waals surface area contributed by atoms with Gasteiger partial charge in [0.05, 0.1) is 26.9 Å². The van der Waals surface area contributed by atoms with E-state index in [0.29, 0.717) is 10.4 Å². The number of hydrogen-bond donors (Lipinski definition) is 1. The second kappa shape index (κ2) is 9.40. The molecule has 1 N–H and O–H groups in total. The molecule has 0 aliphatic heterocycles. The summed E-state index contributed by atoms with van der Waals surface area (Å²) in [5, 5.41) is 2.86. The van der Waals surface area contributed by atoms with Crippen LogP contribution in [0.1, 0.15) is 5.56 Å². The van der Waals surface area contributed by atoms with Crippen molar-refractivity contribution in [1.82, 2.24) is 0 Å². The van der Waals surface area contributed by atoms with Crippen LogP contribution in [-0.4, -0.2) is 20.9 Å². The highest BCUT2D eigenvalue weighted by atomic mass is 35.5. The summed E-state index contributed by atoms with van der Waals surface area (Å²) in [5.74, 6) is -0.828. The van der Waals surface area contributed by atoms with E-state index in [1.165, 1.54) is 48.5 Å². The number of nitrogens with one attached hydrogen (secondary N) is 1. The molecule has 3 aromatic rings. The Hall–Kier alpha value is -2.75. The maximum Gasteiger partial charge on any atom is 0.416 e. The molecule has 11 heteroatoms. The first-order chi connectivity index (χ1) is 15.0. The van der Waals surface area contributed by atoms with E-state index in [2.05, 4.69) is 5.32 Å². The molecular formula is C21H15Cl2F3N2O3S. The molecule has 0 fully saturated rings. The highest BCUT2D eigenvalue weighted by Gasteiger charge is 2.33. The van der Waals surface area contributed by atoms with Crippen molar-refractivity contribution in [3.05, 3.63) is 88.4 Å². The molecule has 3 rings (SSSR count). The van der Waals surface area contributed by atoms with Gasteiger partial charge in [0.15, 0.2) is 0 Å². The summed E-state index contributed by atoms with van der Waals surface area (Å²) in [6.07, 6.45) is -4.70. The van der Waals surface area contributed by atoms with E-state index in [1.54, 1.807) is 6.07 Å². The number of hydrogen-bond acceptors (Lipinski definition) is 3. The van der Waals surface area contributed by atoms with Crippen LogP contribution in [0.15, 0.2) is 77.7 Å². The maximum atomic E-state index is 13.2. The lowest BCUT2D eigenvalue weighted by Gasteiger charge is -2.25. The lowest BCUT2D eigenvalue weighted by atomic mass is 10.2. The molecular weight excluding hydrogens is 488 g/mol. The number of carbonyl (C=O) groups is 1. The lowest BCUT2D eigenvalue weighted by molar-refractivity contribution is -0.137. The van der Waals surface area contributed by atoms with Crippen LogP contribution in [-0.2, 0) is 21.0 Å². The van der Waals surface area contributed by atoms with Crippen molar-refractivity contribution >= 4 is 50.5 Å². The first-order valence-electron chi connectivity index (χ1n) is 8.98. The van der Waals surface area contributed by atoms with Gasteiger partial charge in [0.25, 0.3) is 10.0 Å². The summed E-state index contributed by atoms with van der Waals surface area (Å²) in [7, 11) is -4.38. The summed E-state index contributed by atoms with van der Waals surface area (Å²) in [6.45, 7) is -0.804. The second-order valence-electron chi connectivity index (χ2n) is 6.55. The van der Waals surface area contributed by atoms with Gasteiger partial charge in [-0.3, -0.25) is 9.10 Å². The molecule has 0 saturated carbocycles. The fourth-order valence-corrected chi connectivity index (χ4v) is 4.56. The van der Waals surface area contributed by atoms with E-state index in [-0.39, 0.29) is 26.3 Å². The zero-order valence-corrected chi connectivity index (χ0v) is 18.4. The quantitative estimate of drug-likeness (QED) is 0.459. The van der Waals surface area contributed by atoms with Gasteiger partial charge in [-0.15, -0.1) is 0 Å². The highest BCUT2D eigenvalue weighted by Crippen LogP contribution is 2.33. The highest BCUT2D eigenvalue weighted by molar-refractivity contribution is 7.92. The third-order valence-electron chi connectivity index (χ3n) is 4.28. The molecule has 0 heterocycles. The van der Waals surface area contributed by atoms with Crippen molar-refractivity contribution in [3.63, 3.8) is 0 Å². The van der Waals surface area contributed by atoms with E-state index in [9.17, 15) is 26.4 Å². The van der Waals surface area contributed by atoms with Crippen molar-refractivity contribution in [2.45, 2.75) is 11.1 Å². The van der Waals surface area contributed by atoms with Crippen molar-refractivity contribution in [1.29, 1.82) is 0 Å². The van der Waals surface area contributed by atoms with Crippen molar-refractivity contribution in [3.8, 4) is 0 Å². The number of halogens is 5. The minimum atomic E-state index is -4.70. The number of alkyl halides is 3. The van der Waals surface area contributed by atoms with Crippen LogP contribution in [0.4, 0.5) is 24.5 Å². The predicted molar refractivity (Wildman–Crippen MR) is 118 cm³/mol. The Kier molecular flexibility index (Phi) is 7.02. The zero-order chi connectivity index (χ0) is 23.5. The molecule has 5 nitrogen and oxygen atoms in total. The molecule has 1 amide bonds. The average molecular weight is 503 g/mol. The van der Waals surface area contributed by atoms with Gasteiger partial charge in [-0.2, -0.15) is 13.2 Å². The normalized spacial score (nSPS) is 11.8. The van der Waals surface area contributed by atoms with Crippen molar-refractivity contribution in [2.24, 2.45) is 0 Å². The third kappa shape index (κ3) is 5.53. The summed E-state index contributed by atoms with van der Waals surface area (Å²) in [6, 6.07) is 15.1.